The number of hydrogen-bond donors (Lipinski definition) is 0. The first-order chi connectivity index (χ1) is 20.8. The van der Waals surface area contributed by atoms with E-state index in [1.54, 1.807) is 23.7 Å². The quantitative estimate of drug-likeness (QED) is 0.218. The van der Waals surface area contributed by atoms with Gasteiger partial charge in [0.15, 0.2) is 11.6 Å². The van der Waals surface area contributed by atoms with Gasteiger partial charge in [-0.05, 0) is 18.2 Å². The molecule has 0 unspecified atom stereocenters. The van der Waals surface area contributed by atoms with Gasteiger partial charge in [-0.3, -0.25) is 14.5 Å². The van der Waals surface area contributed by atoms with Crippen molar-refractivity contribution in [1.29, 1.82) is 0 Å². The number of benzene rings is 5. The minimum absolute atomic E-state index is 0.566. The van der Waals surface area contributed by atoms with Gasteiger partial charge in [0, 0.05) is 49.8 Å². The Morgan fingerprint density at radius 2 is 1.14 bits per heavy atom. The highest BCUT2D eigenvalue weighted by Crippen LogP contribution is 2.43. The predicted octanol–water partition coefficient (Wildman–Crippen LogP) is 8.61. The Kier molecular flexibility index (Phi) is 4.97. The molecule has 0 fully saturated rings. The molecule has 0 aliphatic rings. The highest BCUT2D eigenvalue weighted by Gasteiger charge is 2.22. The molecular weight excluding hydrogens is 536 g/mol. The maximum absolute atomic E-state index is 5.12. The fourth-order valence-electron chi connectivity index (χ4n) is 5.84. The van der Waals surface area contributed by atoms with Crippen LogP contribution in [0.1, 0.15) is 0 Å². The Balaban J connectivity index is 1.47. The lowest BCUT2D eigenvalue weighted by atomic mass is 10.1. The van der Waals surface area contributed by atoms with Crippen LogP contribution in [-0.4, -0.2) is 29.5 Å². The molecule has 0 bridgehead atoms. The number of fused-ring (bicyclic) bond motifs is 8. The second-order valence-electron chi connectivity index (χ2n) is 10.2. The molecule has 0 aliphatic heterocycles. The largest absolute Gasteiger partial charge is 0.276 e. The van der Waals surface area contributed by atoms with Crippen LogP contribution < -0.4 is 0 Å². The Labute approximate surface area is 243 Å². The van der Waals surface area contributed by atoms with Gasteiger partial charge in [0.2, 0.25) is 5.95 Å². The maximum Gasteiger partial charge on any atom is 0.238 e. The summed E-state index contributed by atoms with van der Waals surface area (Å²) >= 11 is 1.80. The molecule has 0 spiro atoms. The second kappa shape index (κ2) is 8.99. The van der Waals surface area contributed by atoms with Crippen molar-refractivity contribution in [2.75, 3.05) is 0 Å². The Morgan fingerprint density at radius 3 is 1.86 bits per heavy atom. The first-order valence-corrected chi connectivity index (χ1v) is 14.5. The molecule has 42 heavy (non-hydrogen) atoms. The van der Waals surface area contributed by atoms with Crippen LogP contribution >= 0.6 is 11.3 Å². The lowest BCUT2D eigenvalue weighted by Gasteiger charge is -2.11. The second-order valence-corrected chi connectivity index (χ2v) is 11.3. The van der Waals surface area contributed by atoms with Crippen molar-refractivity contribution >= 4 is 64.3 Å². The molecule has 0 saturated carbocycles. The van der Waals surface area contributed by atoms with Crippen molar-refractivity contribution in [2.45, 2.75) is 0 Å². The molecule has 4 heterocycles. The van der Waals surface area contributed by atoms with E-state index >= 15 is 0 Å². The molecule has 4 aromatic heterocycles. The molecule has 9 rings (SSSR count). The first-order valence-electron chi connectivity index (χ1n) is 13.7. The van der Waals surface area contributed by atoms with Crippen LogP contribution in [0, 0.1) is 0 Å². The molecule has 7 heteroatoms. The predicted molar refractivity (Wildman–Crippen MR) is 171 cm³/mol. The smallest absolute Gasteiger partial charge is 0.238 e. The molecular formula is C35H20N6S. The van der Waals surface area contributed by atoms with E-state index in [1.165, 1.54) is 20.2 Å². The van der Waals surface area contributed by atoms with E-state index in [4.69, 9.17) is 15.0 Å². The van der Waals surface area contributed by atoms with Crippen LogP contribution in [0.25, 0.3) is 81.7 Å². The van der Waals surface area contributed by atoms with Gasteiger partial charge in [0.05, 0.1) is 26.8 Å². The zero-order valence-electron chi connectivity index (χ0n) is 22.1. The fraction of sp³-hybridized carbons (Fsp3) is 0. The maximum atomic E-state index is 5.12. The van der Waals surface area contributed by atoms with Gasteiger partial charge < -0.3 is 0 Å². The third kappa shape index (κ3) is 3.47. The highest BCUT2D eigenvalue weighted by atomic mass is 32.1. The summed E-state index contributed by atoms with van der Waals surface area (Å²) in [4.78, 5) is 24.4. The summed E-state index contributed by atoms with van der Waals surface area (Å²) in [7, 11) is 0. The van der Waals surface area contributed by atoms with Crippen LogP contribution in [0.5, 0.6) is 0 Å². The molecule has 0 amide bonds. The normalized spacial score (nSPS) is 11.8. The number of hydrogen-bond acceptors (Lipinski definition) is 6. The molecule has 0 saturated heterocycles. The van der Waals surface area contributed by atoms with Crippen molar-refractivity contribution in [3.63, 3.8) is 0 Å². The average Bonchev–Trinajstić information content (AvgIpc) is 3.60. The van der Waals surface area contributed by atoms with Crippen LogP contribution in [-0.2, 0) is 0 Å². The van der Waals surface area contributed by atoms with Gasteiger partial charge in [-0.15, -0.1) is 11.3 Å². The van der Waals surface area contributed by atoms with Crippen LogP contribution in [0.2, 0.25) is 0 Å². The van der Waals surface area contributed by atoms with Crippen LogP contribution in [0.4, 0.5) is 0 Å². The van der Waals surface area contributed by atoms with E-state index in [-0.39, 0.29) is 0 Å². The summed E-state index contributed by atoms with van der Waals surface area (Å²) in [5, 5.41) is 4.67. The zero-order valence-corrected chi connectivity index (χ0v) is 23.0. The van der Waals surface area contributed by atoms with Crippen molar-refractivity contribution in [2.24, 2.45) is 0 Å². The van der Waals surface area contributed by atoms with E-state index in [0.29, 0.717) is 17.6 Å². The minimum Gasteiger partial charge on any atom is -0.276 e. The molecule has 0 aliphatic carbocycles. The lowest BCUT2D eigenvalue weighted by Crippen LogP contribution is -2.06. The van der Waals surface area contributed by atoms with E-state index in [2.05, 4.69) is 63.1 Å². The zero-order chi connectivity index (χ0) is 27.6. The van der Waals surface area contributed by atoms with E-state index in [1.807, 2.05) is 60.7 Å². The standard InChI is InChI=1S/C35H20N6S/c1-3-9-21(10-4-1)33-38-34(22-11-5-2-6-12-22)40-35(39-33)41-29-20-28-27(36-17-18-37-28)19-26(29)24-15-16-25-23-13-7-8-14-30(23)42-32(25)31(24)41/h1-20H. The van der Waals surface area contributed by atoms with E-state index in [9.17, 15) is 0 Å². The van der Waals surface area contributed by atoms with Gasteiger partial charge in [-0.2, -0.15) is 9.97 Å². The highest BCUT2D eigenvalue weighted by molar-refractivity contribution is 7.26. The number of nitrogens with zero attached hydrogens (tertiary/aromatic N) is 6. The van der Waals surface area contributed by atoms with Gasteiger partial charge in [0.25, 0.3) is 0 Å². The summed E-state index contributed by atoms with van der Waals surface area (Å²) in [5.41, 5.74) is 5.59. The Hall–Kier alpha value is -5.53. The summed E-state index contributed by atoms with van der Waals surface area (Å²) in [5.74, 6) is 1.81. The molecule has 0 atom stereocenters. The van der Waals surface area contributed by atoms with Crippen molar-refractivity contribution in [1.82, 2.24) is 29.5 Å². The molecule has 0 N–H and O–H groups in total. The molecule has 6 nitrogen and oxygen atoms in total. The minimum atomic E-state index is 0.566. The summed E-state index contributed by atoms with van der Waals surface area (Å²) < 4.78 is 4.63. The Morgan fingerprint density at radius 1 is 0.524 bits per heavy atom. The van der Waals surface area contributed by atoms with E-state index in [0.717, 1.165) is 44.0 Å². The van der Waals surface area contributed by atoms with Crippen molar-refractivity contribution < 1.29 is 0 Å². The number of aromatic nitrogens is 6. The van der Waals surface area contributed by atoms with Crippen LogP contribution in [0.15, 0.2) is 122 Å². The summed E-state index contributed by atoms with van der Waals surface area (Å²) in [6.45, 7) is 0. The molecule has 0 radical (unpaired) electrons. The lowest BCUT2D eigenvalue weighted by molar-refractivity contribution is 0.955. The first kappa shape index (κ1) is 23.2. The number of rotatable bonds is 3. The van der Waals surface area contributed by atoms with Gasteiger partial charge in [-0.1, -0.05) is 91.0 Å². The molecule has 5 aromatic carbocycles. The van der Waals surface area contributed by atoms with E-state index < -0.39 is 0 Å². The monoisotopic (exact) mass is 556 g/mol. The van der Waals surface area contributed by atoms with Crippen molar-refractivity contribution in [3.8, 4) is 28.7 Å². The average molecular weight is 557 g/mol. The van der Waals surface area contributed by atoms with Crippen molar-refractivity contribution in [3.05, 3.63) is 122 Å². The van der Waals surface area contributed by atoms with Gasteiger partial charge in [0.1, 0.15) is 0 Å². The third-order valence-corrected chi connectivity index (χ3v) is 8.94. The SMILES string of the molecule is c1ccc(-c2nc(-c3ccccc3)nc(-n3c4cc5nccnc5cc4c4ccc5c6ccccc6sc5c43)n2)cc1. The van der Waals surface area contributed by atoms with Gasteiger partial charge >= 0.3 is 0 Å². The molecule has 196 valence electrons. The summed E-state index contributed by atoms with van der Waals surface area (Å²) in [6, 6.07) is 37.4. The molecule has 9 aromatic rings. The summed E-state index contributed by atoms with van der Waals surface area (Å²) in [6.07, 6.45) is 3.47. The third-order valence-electron chi connectivity index (χ3n) is 7.75. The fourth-order valence-corrected chi connectivity index (χ4v) is 7.08. The topological polar surface area (TPSA) is 69.4 Å². The van der Waals surface area contributed by atoms with Crippen LogP contribution in [0.3, 0.4) is 0 Å². The van der Waals surface area contributed by atoms with Gasteiger partial charge in [-0.25, -0.2) is 4.98 Å². The number of thiophene rings is 1. The Bertz CT molecular complexity index is 2400.